The number of rotatable bonds is 4. The molecule has 0 aliphatic rings. The maximum absolute atomic E-state index is 11.9. The van der Waals surface area contributed by atoms with Gasteiger partial charge >= 0.3 is 11.0 Å². The summed E-state index contributed by atoms with van der Waals surface area (Å²) in [6.07, 6.45) is 0. The van der Waals surface area contributed by atoms with Crippen LogP contribution in [-0.2, 0) is 19.7 Å². The first-order valence-corrected chi connectivity index (χ1v) is 6.93. The number of aliphatic hydroxyl groups excluding tert-OH is 1. The maximum atomic E-state index is 11.9. The van der Waals surface area contributed by atoms with Gasteiger partial charge in [0.2, 0.25) is 9.84 Å². The van der Waals surface area contributed by atoms with E-state index < -0.39 is 48.3 Å². The van der Waals surface area contributed by atoms with Crippen LogP contribution in [0.2, 0.25) is 0 Å². The zero-order valence-corrected chi connectivity index (χ0v) is 9.66. The molecule has 1 unspecified atom stereocenters. The number of alkyl halides is 6. The minimum Gasteiger partial charge on any atom is -0.389 e. The Labute approximate surface area is 97.2 Å². The second-order valence-electron chi connectivity index (χ2n) is 2.91. The number of hydrogen-bond acceptors (Lipinski definition) is 5. The summed E-state index contributed by atoms with van der Waals surface area (Å²) in [4.78, 5) is 0. The summed E-state index contributed by atoms with van der Waals surface area (Å²) in [5.74, 6) is -2.45. The molecule has 0 aromatic heterocycles. The van der Waals surface area contributed by atoms with E-state index in [1.165, 1.54) is 0 Å². The summed E-state index contributed by atoms with van der Waals surface area (Å²) in [5, 5.41) is 4.97. The predicted octanol–water partition coefficient (Wildman–Crippen LogP) is 0.758. The van der Waals surface area contributed by atoms with Crippen LogP contribution in [-0.4, -0.2) is 44.0 Å². The highest BCUT2D eigenvalue weighted by atomic mass is 32.2. The first-order valence-electron chi connectivity index (χ1n) is 3.73. The van der Waals surface area contributed by atoms with E-state index in [9.17, 15) is 43.2 Å². The van der Waals surface area contributed by atoms with Crippen molar-refractivity contribution in [2.45, 2.75) is 16.3 Å². The molecule has 0 aromatic carbocycles. The van der Waals surface area contributed by atoms with Crippen molar-refractivity contribution >= 4 is 19.7 Å². The summed E-state index contributed by atoms with van der Waals surface area (Å²) in [7, 11) is -12.4. The third-order valence-electron chi connectivity index (χ3n) is 1.62. The molecule has 0 aliphatic carbocycles. The van der Waals surface area contributed by atoms with Gasteiger partial charge in [0.1, 0.15) is 5.25 Å². The van der Waals surface area contributed by atoms with Crippen LogP contribution in [0.15, 0.2) is 0 Å². The van der Waals surface area contributed by atoms with Gasteiger partial charge in [-0.15, -0.1) is 0 Å². The van der Waals surface area contributed by atoms with Crippen molar-refractivity contribution in [2.24, 2.45) is 0 Å². The molecule has 0 fully saturated rings. The van der Waals surface area contributed by atoms with Crippen LogP contribution in [0, 0.1) is 6.61 Å². The van der Waals surface area contributed by atoms with Crippen molar-refractivity contribution in [3.63, 3.8) is 0 Å². The molecule has 13 heteroatoms. The fourth-order valence-electron chi connectivity index (χ4n) is 0.695. The molecule has 0 saturated carbocycles. The molecule has 1 atom stereocenters. The lowest BCUT2D eigenvalue weighted by Crippen LogP contribution is -2.42. The number of aliphatic hydroxyl groups is 1. The minimum absolute atomic E-state index is 0.758. The molecule has 0 aromatic rings. The SMILES string of the molecule is O=S(=O)(CC([CH]O)S(=O)(=O)C(F)(F)F)C(F)(F)F. The Morgan fingerprint density at radius 3 is 1.56 bits per heavy atom. The number of sulfone groups is 2. The summed E-state index contributed by atoms with van der Waals surface area (Å²) < 4.78 is 114. The quantitative estimate of drug-likeness (QED) is 0.772. The maximum Gasteiger partial charge on any atom is 0.497 e. The van der Waals surface area contributed by atoms with Crippen molar-refractivity contribution in [1.82, 2.24) is 0 Å². The zero-order chi connectivity index (χ0) is 15.0. The van der Waals surface area contributed by atoms with Crippen molar-refractivity contribution < 1.29 is 48.3 Å². The minimum atomic E-state index is -6.27. The van der Waals surface area contributed by atoms with Crippen molar-refractivity contribution in [1.29, 1.82) is 0 Å². The lowest BCUT2D eigenvalue weighted by atomic mass is 10.5. The van der Waals surface area contributed by atoms with E-state index >= 15 is 0 Å². The Morgan fingerprint density at radius 1 is 0.944 bits per heavy atom. The smallest absolute Gasteiger partial charge is 0.389 e. The first kappa shape index (κ1) is 17.4. The highest BCUT2D eigenvalue weighted by Gasteiger charge is 2.55. The lowest BCUT2D eigenvalue weighted by Gasteiger charge is -2.17. The van der Waals surface area contributed by atoms with E-state index in [1.54, 1.807) is 0 Å². The molecule has 0 amide bonds. The van der Waals surface area contributed by atoms with Gasteiger partial charge in [-0.2, -0.15) is 26.3 Å². The van der Waals surface area contributed by atoms with E-state index in [1.807, 2.05) is 0 Å². The molecule has 0 spiro atoms. The molecule has 0 heterocycles. The van der Waals surface area contributed by atoms with Gasteiger partial charge in [0, 0.05) is 0 Å². The van der Waals surface area contributed by atoms with E-state index in [-0.39, 0.29) is 0 Å². The van der Waals surface area contributed by atoms with Crippen LogP contribution in [0.4, 0.5) is 26.3 Å². The van der Waals surface area contributed by atoms with Crippen LogP contribution in [0.25, 0.3) is 0 Å². The van der Waals surface area contributed by atoms with E-state index in [0.29, 0.717) is 0 Å². The molecular weight excluding hydrogens is 318 g/mol. The molecule has 5 nitrogen and oxygen atoms in total. The number of hydrogen-bond donors (Lipinski definition) is 1. The zero-order valence-electron chi connectivity index (χ0n) is 8.03. The molecule has 0 rings (SSSR count). The normalized spacial score (nSPS) is 16.6. The van der Waals surface area contributed by atoms with E-state index in [2.05, 4.69) is 0 Å². The average Bonchev–Trinajstić information content (AvgIpc) is 2.10. The topological polar surface area (TPSA) is 88.5 Å². The largest absolute Gasteiger partial charge is 0.497 e. The standard InChI is InChI=1S/C5H5F6O5S2/c6-4(7,8)17(13,14)2-3(1-12)18(15,16)5(9,10)11/h1,3,12H,2H2. The lowest BCUT2D eigenvalue weighted by molar-refractivity contribution is -0.0462. The highest BCUT2D eigenvalue weighted by Crippen LogP contribution is 2.31. The Hall–Kier alpha value is -0.560. The van der Waals surface area contributed by atoms with Crippen molar-refractivity contribution in [3.8, 4) is 0 Å². The highest BCUT2D eigenvalue weighted by molar-refractivity contribution is 7.96. The van der Waals surface area contributed by atoms with Crippen LogP contribution in [0.5, 0.6) is 0 Å². The van der Waals surface area contributed by atoms with Gasteiger partial charge in [-0.25, -0.2) is 16.8 Å². The fraction of sp³-hybridized carbons (Fsp3) is 0.800. The molecule has 109 valence electrons. The van der Waals surface area contributed by atoms with Crippen LogP contribution >= 0.6 is 0 Å². The third-order valence-corrected chi connectivity index (χ3v) is 5.07. The predicted molar refractivity (Wildman–Crippen MR) is 44.8 cm³/mol. The van der Waals surface area contributed by atoms with Crippen LogP contribution in [0.3, 0.4) is 0 Å². The van der Waals surface area contributed by atoms with Gasteiger partial charge in [0.25, 0.3) is 9.84 Å². The van der Waals surface area contributed by atoms with Gasteiger partial charge in [-0.05, 0) is 0 Å². The molecule has 0 saturated heterocycles. The first-order chi connectivity index (χ1) is 7.67. The molecule has 18 heavy (non-hydrogen) atoms. The molecule has 0 aliphatic heterocycles. The Kier molecular flexibility index (Phi) is 4.69. The van der Waals surface area contributed by atoms with E-state index in [4.69, 9.17) is 5.11 Å². The molecule has 1 N–H and O–H groups in total. The summed E-state index contributed by atoms with van der Waals surface area (Å²) >= 11 is 0. The van der Waals surface area contributed by atoms with Gasteiger partial charge < -0.3 is 5.11 Å². The molecule has 1 radical (unpaired) electrons. The van der Waals surface area contributed by atoms with Crippen molar-refractivity contribution in [3.05, 3.63) is 6.61 Å². The Bertz CT molecular complexity index is 485. The second-order valence-corrected chi connectivity index (χ2v) is 7.09. The third kappa shape index (κ3) is 3.47. The van der Waals surface area contributed by atoms with Gasteiger partial charge in [0.15, 0.2) is 0 Å². The van der Waals surface area contributed by atoms with Gasteiger partial charge in [0.05, 0.1) is 12.4 Å². The van der Waals surface area contributed by atoms with E-state index in [0.717, 1.165) is 0 Å². The monoisotopic (exact) mass is 323 g/mol. The summed E-state index contributed by atoms with van der Waals surface area (Å²) in [6.45, 7) is -0.758. The van der Waals surface area contributed by atoms with Gasteiger partial charge in [-0.1, -0.05) is 0 Å². The van der Waals surface area contributed by atoms with Gasteiger partial charge in [-0.3, -0.25) is 0 Å². The second kappa shape index (κ2) is 4.85. The Balaban J connectivity index is 5.45. The summed E-state index contributed by atoms with van der Waals surface area (Å²) in [5.41, 5.74) is -11.9. The fourth-order valence-corrected chi connectivity index (χ4v) is 3.16. The number of halogens is 6. The molecule has 0 bridgehead atoms. The average molecular weight is 323 g/mol. The molecular formula is C5H5F6O5S2. The Morgan fingerprint density at radius 2 is 1.33 bits per heavy atom. The van der Waals surface area contributed by atoms with Crippen molar-refractivity contribution in [2.75, 3.05) is 5.75 Å². The van der Waals surface area contributed by atoms with Crippen LogP contribution < -0.4 is 0 Å². The van der Waals surface area contributed by atoms with Crippen LogP contribution in [0.1, 0.15) is 0 Å². The summed E-state index contributed by atoms with van der Waals surface area (Å²) in [6, 6.07) is 0.